The molecule has 1 aromatic carbocycles. The number of benzene rings is 1. The normalized spacial score (nSPS) is 21.1. The van der Waals surface area contributed by atoms with E-state index in [2.05, 4.69) is 30.2 Å². The fourth-order valence-corrected chi connectivity index (χ4v) is 3.26. The van der Waals surface area contributed by atoms with Crippen molar-refractivity contribution in [1.82, 2.24) is 10.3 Å². The number of halogens is 1. The number of aliphatic hydroxyl groups excluding tert-OH is 1. The Balaban J connectivity index is 1.73. The zero-order valence-corrected chi connectivity index (χ0v) is 13.6. The molecular weight excluding hydrogens is 300 g/mol. The first-order chi connectivity index (χ1) is 10.5. The summed E-state index contributed by atoms with van der Waals surface area (Å²) in [4.78, 5) is 15.2. The highest BCUT2D eigenvalue weighted by atomic mass is 35.5. The molecule has 4 nitrogen and oxygen atoms in total. The zero-order valence-electron chi connectivity index (χ0n) is 12.8. The van der Waals surface area contributed by atoms with Crippen molar-refractivity contribution in [2.45, 2.75) is 45.3 Å². The lowest BCUT2D eigenvalue weighted by atomic mass is 9.81. The molecule has 2 atom stereocenters. The van der Waals surface area contributed by atoms with Crippen molar-refractivity contribution in [3.63, 3.8) is 0 Å². The molecule has 1 aliphatic carbocycles. The maximum absolute atomic E-state index is 11.9. The third-order valence-corrected chi connectivity index (χ3v) is 4.77. The predicted molar refractivity (Wildman–Crippen MR) is 88.0 cm³/mol. The summed E-state index contributed by atoms with van der Waals surface area (Å²) in [7, 11) is 0. The molecule has 0 bridgehead atoms. The molecule has 3 rings (SSSR count). The number of hydrogen-bond donors (Lipinski definition) is 3. The largest absolute Gasteiger partial charge is 0.392 e. The van der Waals surface area contributed by atoms with Crippen molar-refractivity contribution in [3.8, 4) is 0 Å². The Labute approximate surface area is 134 Å². The van der Waals surface area contributed by atoms with Crippen molar-refractivity contribution >= 4 is 28.4 Å². The lowest BCUT2D eigenvalue weighted by Crippen LogP contribution is -2.43. The van der Waals surface area contributed by atoms with Crippen LogP contribution in [0, 0.1) is 5.92 Å². The lowest BCUT2D eigenvalue weighted by Gasteiger charge is -2.30. The molecule has 0 saturated heterocycles. The summed E-state index contributed by atoms with van der Waals surface area (Å²) in [6.45, 7) is 4.66. The maximum atomic E-state index is 11.9. The standard InChI is InChI=1S/C17H21ClN2O2/c1-9(2)13-7-15-10(6-14(13)18)5-11(20-15)8-19-17(22)12-3-4-16(12)21/h5-7,9,12,16,20-21H,3-4,8H2,1-2H3,(H,19,22). The molecule has 5 heteroatoms. The highest BCUT2D eigenvalue weighted by molar-refractivity contribution is 6.32. The molecule has 1 aromatic heterocycles. The van der Waals surface area contributed by atoms with Crippen LogP contribution in [0.2, 0.25) is 5.02 Å². The van der Waals surface area contributed by atoms with E-state index in [9.17, 15) is 9.90 Å². The molecule has 0 radical (unpaired) electrons. The molecule has 118 valence electrons. The Morgan fingerprint density at radius 1 is 1.41 bits per heavy atom. The monoisotopic (exact) mass is 320 g/mol. The van der Waals surface area contributed by atoms with Crippen LogP contribution in [0.1, 0.15) is 43.9 Å². The number of fused-ring (bicyclic) bond motifs is 1. The highest BCUT2D eigenvalue weighted by Gasteiger charge is 2.34. The summed E-state index contributed by atoms with van der Waals surface area (Å²) in [5.41, 5.74) is 3.08. The Kier molecular flexibility index (Phi) is 4.15. The number of aliphatic hydroxyl groups is 1. The van der Waals surface area contributed by atoms with Gasteiger partial charge in [0, 0.05) is 21.6 Å². The number of nitrogens with one attached hydrogen (secondary N) is 2. The first-order valence-electron chi connectivity index (χ1n) is 7.72. The van der Waals surface area contributed by atoms with Gasteiger partial charge in [0.05, 0.1) is 18.6 Å². The molecule has 1 saturated carbocycles. The average molecular weight is 321 g/mol. The van der Waals surface area contributed by atoms with Gasteiger partial charge in [0.1, 0.15) is 0 Å². The van der Waals surface area contributed by atoms with Crippen LogP contribution in [0.5, 0.6) is 0 Å². The van der Waals surface area contributed by atoms with Gasteiger partial charge in [0.2, 0.25) is 5.91 Å². The molecule has 0 aliphatic heterocycles. The van der Waals surface area contributed by atoms with Crippen LogP contribution in [0.4, 0.5) is 0 Å². The summed E-state index contributed by atoms with van der Waals surface area (Å²) in [5, 5.41) is 14.2. The first kappa shape index (κ1) is 15.4. The fourth-order valence-electron chi connectivity index (χ4n) is 2.87. The molecule has 1 amide bonds. The van der Waals surface area contributed by atoms with E-state index in [1.807, 2.05) is 12.1 Å². The van der Waals surface area contributed by atoms with Crippen LogP contribution in [0.3, 0.4) is 0 Å². The van der Waals surface area contributed by atoms with Crippen LogP contribution in [0.25, 0.3) is 10.9 Å². The minimum atomic E-state index is -0.477. The second-order valence-corrected chi connectivity index (χ2v) is 6.79. The highest BCUT2D eigenvalue weighted by Crippen LogP contribution is 2.30. The molecule has 0 spiro atoms. The topological polar surface area (TPSA) is 65.1 Å². The molecular formula is C17H21ClN2O2. The molecule has 22 heavy (non-hydrogen) atoms. The summed E-state index contributed by atoms with van der Waals surface area (Å²) < 4.78 is 0. The lowest BCUT2D eigenvalue weighted by molar-refractivity contribution is -0.134. The van der Waals surface area contributed by atoms with Crippen molar-refractivity contribution in [2.24, 2.45) is 5.92 Å². The number of rotatable bonds is 4. The van der Waals surface area contributed by atoms with Crippen molar-refractivity contribution in [2.75, 3.05) is 0 Å². The van der Waals surface area contributed by atoms with E-state index in [4.69, 9.17) is 11.6 Å². The number of hydrogen-bond acceptors (Lipinski definition) is 2. The van der Waals surface area contributed by atoms with Gasteiger partial charge < -0.3 is 15.4 Å². The Hall–Kier alpha value is -1.52. The van der Waals surface area contributed by atoms with E-state index < -0.39 is 6.10 Å². The number of amides is 1. The fraction of sp³-hybridized carbons (Fsp3) is 0.471. The van der Waals surface area contributed by atoms with E-state index >= 15 is 0 Å². The predicted octanol–water partition coefficient (Wildman–Crippen LogP) is 3.33. The van der Waals surface area contributed by atoms with Crippen LogP contribution in [-0.2, 0) is 11.3 Å². The number of carbonyl (C=O) groups is 1. The van der Waals surface area contributed by atoms with E-state index in [0.717, 1.165) is 40.0 Å². The molecule has 1 heterocycles. The number of carbonyl (C=O) groups excluding carboxylic acids is 1. The van der Waals surface area contributed by atoms with Gasteiger partial charge in [-0.15, -0.1) is 0 Å². The maximum Gasteiger partial charge on any atom is 0.226 e. The van der Waals surface area contributed by atoms with Gasteiger partial charge in [0.25, 0.3) is 0 Å². The van der Waals surface area contributed by atoms with Crippen LogP contribution in [0.15, 0.2) is 18.2 Å². The number of aromatic nitrogens is 1. The minimum Gasteiger partial charge on any atom is -0.392 e. The minimum absolute atomic E-state index is 0.0710. The van der Waals surface area contributed by atoms with Crippen molar-refractivity contribution in [3.05, 3.63) is 34.5 Å². The third kappa shape index (κ3) is 2.85. The van der Waals surface area contributed by atoms with E-state index in [0.29, 0.717) is 12.5 Å². The molecule has 1 fully saturated rings. The van der Waals surface area contributed by atoms with Crippen LogP contribution < -0.4 is 5.32 Å². The Morgan fingerprint density at radius 2 is 2.18 bits per heavy atom. The van der Waals surface area contributed by atoms with Crippen molar-refractivity contribution < 1.29 is 9.90 Å². The summed E-state index contributed by atoms with van der Waals surface area (Å²) in [6.07, 6.45) is 1.02. The van der Waals surface area contributed by atoms with Gasteiger partial charge in [-0.3, -0.25) is 4.79 Å². The quantitative estimate of drug-likeness (QED) is 0.809. The average Bonchev–Trinajstić information content (AvgIpc) is 2.84. The van der Waals surface area contributed by atoms with E-state index in [-0.39, 0.29) is 11.8 Å². The third-order valence-electron chi connectivity index (χ3n) is 4.44. The van der Waals surface area contributed by atoms with Crippen LogP contribution >= 0.6 is 11.6 Å². The summed E-state index contributed by atoms with van der Waals surface area (Å²) in [6, 6.07) is 6.04. The van der Waals surface area contributed by atoms with Gasteiger partial charge >= 0.3 is 0 Å². The molecule has 2 unspecified atom stereocenters. The van der Waals surface area contributed by atoms with Gasteiger partial charge in [-0.1, -0.05) is 25.4 Å². The Bertz CT molecular complexity index is 708. The molecule has 3 N–H and O–H groups in total. The van der Waals surface area contributed by atoms with E-state index in [1.54, 1.807) is 0 Å². The van der Waals surface area contributed by atoms with Gasteiger partial charge in [0.15, 0.2) is 0 Å². The number of aromatic amines is 1. The second kappa shape index (κ2) is 5.94. The van der Waals surface area contributed by atoms with Crippen molar-refractivity contribution in [1.29, 1.82) is 0 Å². The SMILES string of the molecule is CC(C)c1cc2[nH]c(CNC(=O)C3CCC3O)cc2cc1Cl. The second-order valence-electron chi connectivity index (χ2n) is 6.38. The van der Waals surface area contributed by atoms with Crippen LogP contribution in [-0.4, -0.2) is 22.1 Å². The molecule has 1 aliphatic rings. The number of H-pyrrole nitrogens is 1. The van der Waals surface area contributed by atoms with E-state index in [1.165, 1.54) is 0 Å². The van der Waals surface area contributed by atoms with Gasteiger partial charge in [-0.05, 0) is 42.5 Å². The zero-order chi connectivity index (χ0) is 15.9. The first-order valence-corrected chi connectivity index (χ1v) is 8.10. The Morgan fingerprint density at radius 3 is 2.77 bits per heavy atom. The summed E-state index contributed by atoms with van der Waals surface area (Å²) in [5.74, 6) is 0.0492. The van der Waals surface area contributed by atoms with Gasteiger partial charge in [-0.25, -0.2) is 0 Å². The smallest absolute Gasteiger partial charge is 0.226 e. The summed E-state index contributed by atoms with van der Waals surface area (Å²) >= 11 is 6.31. The van der Waals surface area contributed by atoms with Gasteiger partial charge in [-0.2, -0.15) is 0 Å². The molecule has 2 aromatic rings.